The van der Waals surface area contributed by atoms with Gasteiger partial charge in [0.25, 0.3) is 5.91 Å². The lowest BCUT2D eigenvalue weighted by atomic mass is 10.0. The van der Waals surface area contributed by atoms with E-state index >= 15 is 0 Å². The van der Waals surface area contributed by atoms with Gasteiger partial charge in [0.05, 0.1) is 12.6 Å². The predicted octanol–water partition coefficient (Wildman–Crippen LogP) is 1.58. The molecule has 0 aliphatic carbocycles. The number of fused-ring (bicyclic) bond motifs is 2. The molecule has 0 aromatic heterocycles. The molecule has 1 aromatic carbocycles. The topological polar surface area (TPSA) is 112 Å². The van der Waals surface area contributed by atoms with Crippen LogP contribution in [0.4, 0.5) is 9.59 Å². The fraction of sp³-hybridized carbons (Fsp3) is 0.550. The molecule has 1 aromatic rings. The van der Waals surface area contributed by atoms with Crippen molar-refractivity contribution in [3.63, 3.8) is 0 Å². The highest BCUT2D eigenvalue weighted by Gasteiger charge is 2.48. The third kappa shape index (κ3) is 4.34. The number of nitrogens with zero attached hydrogens (tertiary/aromatic N) is 3. The van der Waals surface area contributed by atoms with E-state index in [0.717, 1.165) is 5.56 Å². The quantitative estimate of drug-likeness (QED) is 0.679. The van der Waals surface area contributed by atoms with Gasteiger partial charge in [-0.2, -0.15) is 5.06 Å². The summed E-state index contributed by atoms with van der Waals surface area (Å²) in [6.45, 7) is 1.40. The largest absolute Gasteiger partial charge is 0.465 e. The number of rotatable bonds is 6. The molecule has 30 heavy (non-hydrogen) atoms. The second kappa shape index (κ2) is 8.88. The van der Waals surface area contributed by atoms with E-state index in [0.29, 0.717) is 45.4 Å². The summed E-state index contributed by atoms with van der Waals surface area (Å²) < 4.78 is 0. The molecule has 2 N–H and O–H groups in total. The molecule has 0 saturated carbocycles. The molecule has 162 valence electrons. The zero-order valence-electron chi connectivity index (χ0n) is 16.6. The number of benzene rings is 1. The number of carbonyl (C=O) groups is 3. The Kier molecular flexibility index (Phi) is 6.05. The molecule has 10 nitrogen and oxygen atoms in total. The number of amides is 4. The number of likely N-dealkylation sites (tertiary alicyclic amines) is 1. The van der Waals surface area contributed by atoms with Crippen molar-refractivity contribution < 1.29 is 29.2 Å². The molecule has 4 rings (SSSR count). The predicted molar refractivity (Wildman–Crippen MR) is 104 cm³/mol. The average molecular weight is 418 g/mol. The highest BCUT2D eigenvalue weighted by atomic mass is 16.7. The number of hydroxylamine groups is 3. The molecule has 3 fully saturated rings. The summed E-state index contributed by atoms with van der Waals surface area (Å²) in [4.78, 5) is 50.5. The Morgan fingerprint density at radius 2 is 1.93 bits per heavy atom. The minimum Gasteiger partial charge on any atom is -0.465 e. The molecule has 0 radical (unpaired) electrons. The normalized spacial score (nSPS) is 26.1. The third-order valence-corrected chi connectivity index (χ3v) is 5.81. The first-order valence-corrected chi connectivity index (χ1v) is 10.2. The molecule has 2 bridgehead atoms. The SMILES string of the molecule is O=C(NO[C@@H]1CCCN(C(=O)O)C1)[C@@H]1CC[C@@H]2CN1C(=O)N2OCc1ccccc1. The molecular formula is C20H26N4O6. The maximum atomic E-state index is 12.8. The van der Waals surface area contributed by atoms with E-state index in [9.17, 15) is 14.4 Å². The van der Waals surface area contributed by atoms with Gasteiger partial charge in [-0.25, -0.2) is 15.1 Å². The zero-order valence-corrected chi connectivity index (χ0v) is 16.6. The van der Waals surface area contributed by atoms with Crippen LogP contribution in [-0.2, 0) is 21.1 Å². The van der Waals surface area contributed by atoms with Crippen LogP contribution in [-0.4, -0.2) is 75.8 Å². The van der Waals surface area contributed by atoms with Crippen LogP contribution < -0.4 is 5.48 Å². The number of carbonyl (C=O) groups excluding carboxylic acids is 2. The number of hydrogen-bond acceptors (Lipinski definition) is 5. The summed E-state index contributed by atoms with van der Waals surface area (Å²) in [7, 11) is 0. The lowest BCUT2D eigenvalue weighted by Gasteiger charge is -2.32. The molecule has 3 atom stereocenters. The first-order chi connectivity index (χ1) is 14.5. The van der Waals surface area contributed by atoms with Crippen molar-refractivity contribution in [3.8, 4) is 0 Å². The Labute approximate surface area is 174 Å². The highest BCUT2D eigenvalue weighted by molar-refractivity contribution is 5.88. The van der Waals surface area contributed by atoms with Gasteiger partial charge in [-0.1, -0.05) is 30.3 Å². The Bertz CT molecular complexity index is 791. The van der Waals surface area contributed by atoms with Gasteiger partial charge in [0, 0.05) is 13.1 Å². The van der Waals surface area contributed by atoms with Crippen LogP contribution in [0.25, 0.3) is 0 Å². The highest BCUT2D eigenvalue weighted by Crippen LogP contribution is 2.30. The summed E-state index contributed by atoms with van der Waals surface area (Å²) in [5.74, 6) is -0.390. The second-order valence-corrected chi connectivity index (χ2v) is 7.84. The van der Waals surface area contributed by atoms with Crippen molar-refractivity contribution >= 4 is 18.0 Å². The maximum Gasteiger partial charge on any atom is 0.407 e. The molecule has 3 aliphatic rings. The fourth-order valence-corrected chi connectivity index (χ4v) is 4.21. The number of piperidine rings is 2. The van der Waals surface area contributed by atoms with Crippen LogP contribution in [0, 0.1) is 0 Å². The summed E-state index contributed by atoms with van der Waals surface area (Å²) in [5.41, 5.74) is 3.41. The Balaban J connectivity index is 1.29. The molecule has 0 spiro atoms. The second-order valence-electron chi connectivity index (χ2n) is 7.84. The van der Waals surface area contributed by atoms with Gasteiger partial charge < -0.3 is 14.9 Å². The van der Waals surface area contributed by atoms with Gasteiger partial charge >= 0.3 is 12.1 Å². The monoisotopic (exact) mass is 418 g/mol. The minimum atomic E-state index is -0.994. The average Bonchev–Trinajstić information content (AvgIpc) is 3.01. The van der Waals surface area contributed by atoms with Gasteiger partial charge in [0.2, 0.25) is 0 Å². The standard InChI is InChI=1S/C20H26N4O6/c25-18(21-30-16-7-4-10-22(12-16)20(27)28)17-9-8-15-11-23(17)19(26)24(15)29-13-14-5-2-1-3-6-14/h1-3,5-6,15-17H,4,7-13H2,(H,21,25)(H,27,28)/t15-,16-,17+/m1/s1. The number of nitrogens with one attached hydrogen (secondary N) is 1. The molecule has 4 amide bonds. The van der Waals surface area contributed by atoms with Crippen molar-refractivity contribution in [2.75, 3.05) is 19.6 Å². The Morgan fingerprint density at radius 1 is 1.13 bits per heavy atom. The van der Waals surface area contributed by atoms with E-state index in [-0.39, 0.29) is 24.5 Å². The molecular weight excluding hydrogens is 392 g/mol. The van der Waals surface area contributed by atoms with E-state index in [1.165, 1.54) is 14.9 Å². The zero-order chi connectivity index (χ0) is 21.1. The molecule has 0 unspecified atom stereocenters. The van der Waals surface area contributed by atoms with Crippen molar-refractivity contribution in [2.45, 2.75) is 50.5 Å². The van der Waals surface area contributed by atoms with Crippen molar-refractivity contribution in [3.05, 3.63) is 35.9 Å². The molecule has 10 heteroatoms. The van der Waals surface area contributed by atoms with Crippen LogP contribution >= 0.6 is 0 Å². The lowest BCUT2D eigenvalue weighted by Crippen LogP contribution is -2.51. The van der Waals surface area contributed by atoms with Gasteiger partial charge in [-0.3, -0.25) is 14.5 Å². The Morgan fingerprint density at radius 3 is 2.70 bits per heavy atom. The van der Waals surface area contributed by atoms with Crippen molar-refractivity contribution in [1.29, 1.82) is 0 Å². The smallest absolute Gasteiger partial charge is 0.407 e. The van der Waals surface area contributed by atoms with Gasteiger partial charge in [0.1, 0.15) is 18.8 Å². The van der Waals surface area contributed by atoms with Crippen LogP contribution in [0.2, 0.25) is 0 Å². The number of hydrogen-bond donors (Lipinski definition) is 2. The number of urea groups is 1. The fourth-order valence-electron chi connectivity index (χ4n) is 4.21. The maximum absolute atomic E-state index is 12.8. The van der Waals surface area contributed by atoms with Gasteiger partial charge in [-0.05, 0) is 31.2 Å². The van der Waals surface area contributed by atoms with Crippen LogP contribution in [0.5, 0.6) is 0 Å². The molecule has 3 saturated heterocycles. The van der Waals surface area contributed by atoms with Crippen molar-refractivity contribution in [1.82, 2.24) is 20.3 Å². The minimum absolute atomic E-state index is 0.0753. The number of carboxylic acid groups (broad SMARTS) is 1. The first kappa shape index (κ1) is 20.4. The molecule has 3 aliphatic heterocycles. The summed E-state index contributed by atoms with van der Waals surface area (Å²) in [6, 6.07) is 8.58. The third-order valence-electron chi connectivity index (χ3n) is 5.81. The molecule has 3 heterocycles. The van der Waals surface area contributed by atoms with E-state index in [4.69, 9.17) is 14.8 Å². The Hall–Kier alpha value is -2.85. The first-order valence-electron chi connectivity index (χ1n) is 10.2. The summed E-state index contributed by atoms with van der Waals surface area (Å²) >= 11 is 0. The summed E-state index contributed by atoms with van der Waals surface area (Å²) in [5, 5.41) is 10.5. The summed E-state index contributed by atoms with van der Waals surface area (Å²) in [6.07, 6.45) is 1.13. The van der Waals surface area contributed by atoms with Crippen molar-refractivity contribution in [2.24, 2.45) is 0 Å². The van der Waals surface area contributed by atoms with Crippen LogP contribution in [0.1, 0.15) is 31.2 Å². The van der Waals surface area contributed by atoms with E-state index in [1.54, 1.807) is 0 Å². The van der Waals surface area contributed by atoms with Gasteiger partial charge in [-0.15, -0.1) is 0 Å². The van der Waals surface area contributed by atoms with Crippen LogP contribution in [0.15, 0.2) is 30.3 Å². The van der Waals surface area contributed by atoms with E-state index < -0.39 is 18.2 Å². The van der Waals surface area contributed by atoms with Crippen LogP contribution in [0.3, 0.4) is 0 Å². The van der Waals surface area contributed by atoms with Gasteiger partial charge in [0.15, 0.2) is 0 Å². The van der Waals surface area contributed by atoms with E-state index in [2.05, 4.69) is 5.48 Å². The lowest BCUT2D eigenvalue weighted by molar-refractivity contribution is -0.146. The van der Waals surface area contributed by atoms with E-state index in [1.807, 2.05) is 30.3 Å².